The van der Waals surface area contributed by atoms with Gasteiger partial charge in [-0.2, -0.15) is 4.57 Å². The summed E-state index contributed by atoms with van der Waals surface area (Å²) in [5, 5.41) is 20.6. The maximum atomic E-state index is 13.1. The number of benzene rings is 6. The highest BCUT2D eigenvalue weighted by atomic mass is 31.2. The van der Waals surface area contributed by atoms with Crippen LogP contribution in [0.4, 0.5) is 11.4 Å². The molecule has 6 aromatic rings. The number of phenols is 2. The molecule has 44 heavy (non-hydrogen) atoms. The molecular formula is C36H32NO6P. The van der Waals surface area contributed by atoms with Crippen LogP contribution in [0, 0.1) is 0 Å². The van der Waals surface area contributed by atoms with Gasteiger partial charge in [0.15, 0.2) is 0 Å². The van der Waals surface area contributed by atoms with Crippen LogP contribution in [0.5, 0.6) is 28.7 Å². The molecule has 3 N–H and O–H groups in total. The first-order chi connectivity index (χ1) is 21.5. The fourth-order valence-corrected chi connectivity index (χ4v) is 4.84. The molecule has 6 aromatic carbocycles. The van der Waals surface area contributed by atoms with E-state index in [0.717, 1.165) is 11.4 Å². The second-order valence-electron chi connectivity index (χ2n) is 9.04. The van der Waals surface area contributed by atoms with E-state index in [4.69, 9.17) is 23.8 Å². The molecule has 0 spiro atoms. The molecule has 0 aliphatic heterocycles. The van der Waals surface area contributed by atoms with Crippen LogP contribution in [0.25, 0.3) is 0 Å². The highest BCUT2D eigenvalue weighted by molar-refractivity contribution is 7.49. The van der Waals surface area contributed by atoms with Crippen LogP contribution in [0.1, 0.15) is 0 Å². The van der Waals surface area contributed by atoms with Gasteiger partial charge in [-0.25, -0.2) is 0 Å². The maximum Gasteiger partial charge on any atom is 0.647 e. The van der Waals surface area contributed by atoms with Crippen molar-refractivity contribution in [3.05, 3.63) is 176 Å². The Morgan fingerprint density at radius 3 is 0.977 bits per heavy atom. The molecule has 0 heterocycles. The minimum atomic E-state index is -3.89. The average Bonchev–Trinajstić information content (AvgIpc) is 3.04. The van der Waals surface area contributed by atoms with Crippen molar-refractivity contribution in [2.24, 2.45) is 0 Å². The van der Waals surface area contributed by atoms with Crippen LogP contribution in [0.3, 0.4) is 0 Å². The van der Waals surface area contributed by atoms with E-state index < -0.39 is 7.82 Å². The second kappa shape index (κ2) is 16.7. The summed E-state index contributed by atoms with van der Waals surface area (Å²) in [5.74, 6) is 1.39. The quantitative estimate of drug-likeness (QED) is 0.149. The molecule has 0 amide bonds. The molecule has 7 nitrogen and oxygen atoms in total. The molecule has 0 fully saturated rings. The molecule has 222 valence electrons. The Morgan fingerprint density at radius 2 is 0.705 bits per heavy atom. The van der Waals surface area contributed by atoms with E-state index in [9.17, 15) is 4.57 Å². The van der Waals surface area contributed by atoms with Crippen LogP contribution < -0.4 is 18.9 Å². The van der Waals surface area contributed by atoms with Gasteiger partial charge < -0.3 is 29.1 Å². The standard InChI is InChI=1S/C18H15O4P.C12H11N.C6H6O2/c19-23(20-16-10-4-1-5-11-16,21-17-12-6-2-7-13-17)22-18-14-8-3-9-15-18;1-3-7-11(8-4-1)13-12-9-5-2-6-10-12;7-5-2-1-3-6(8)4-5/h1-15H;1-10,13H;1-4,7-8H. The number of para-hydroxylation sites is 5. The van der Waals surface area contributed by atoms with Gasteiger partial charge in [-0.15, -0.1) is 0 Å². The first-order valence-corrected chi connectivity index (χ1v) is 15.1. The van der Waals surface area contributed by atoms with Gasteiger partial charge in [0.1, 0.15) is 28.7 Å². The van der Waals surface area contributed by atoms with E-state index in [-0.39, 0.29) is 11.5 Å². The van der Waals surface area contributed by atoms with Crippen molar-refractivity contribution in [2.75, 3.05) is 5.32 Å². The molecule has 0 aromatic heterocycles. The maximum absolute atomic E-state index is 13.1. The minimum Gasteiger partial charge on any atom is -0.508 e. The SMILES string of the molecule is O=P(Oc1ccccc1)(Oc1ccccc1)Oc1ccccc1.Oc1cccc(O)c1.c1ccc(Nc2ccccc2)cc1. The Balaban J connectivity index is 0.000000175. The largest absolute Gasteiger partial charge is 0.647 e. The number of phenolic OH excluding ortho intramolecular Hbond substituents is 2. The zero-order valence-corrected chi connectivity index (χ0v) is 24.6. The first-order valence-electron chi connectivity index (χ1n) is 13.7. The van der Waals surface area contributed by atoms with Gasteiger partial charge in [-0.3, -0.25) is 0 Å². The molecule has 0 saturated carbocycles. The number of rotatable bonds is 8. The number of phosphoric acid groups is 1. The van der Waals surface area contributed by atoms with E-state index in [1.807, 2.05) is 78.9 Å². The summed E-state index contributed by atoms with van der Waals surface area (Å²) in [4.78, 5) is 0. The summed E-state index contributed by atoms with van der Waals surface area (Å²) in [7, 11) is -3.89. The zero-order chi connectivity index (χ0) is 30.9. The fraction of sp³-hybridized carbons (Fsp3) is 0. The molecule has 0 bridgehead atoms. The number of nitrogens with one attached hydrogen (secondary N) is 1. The molecule has 8 heteroatoms. The van der Waals surface area contributed by atoms with Gasteiger partial charge in [-0.05, 0) is 72.8 Å². The van der Waals surface area contributed by atoms with E-state index in [2.05, 4.69) is 5.32 Å². The third-order valence-corrected chi connectivity index (χ3v) is 6.85. The number of hydrogen-bond acceptors (Lipinski definition) is 7. The van der Waals surface area contributed by atoms with Crippen molar-refractivity contribution in [2.45, 2.75) is 0 Å². The normalized spacial score (nSPS) is 10.1. The number of hydrogen-bond donors (Lipinski definition) is 3. The summed E-state index contributed by atoms with van der Waals surface area (Å²) in [5.41, 5.74) is 2.24. The van der Waals surface area contributed by atoms with Crippen molar-refractivity contribution in [1.82, 2.24) is 0 Å². The monoisotopic (exact) mass is 605 g/mol. The van der Waals surface area contributed by atoms with Gasteiger partial charge in [0.2, 0.25) is 0 Å². The molecule has 6 rings (SSSR count). The average molecular weight is 606 g/mol. The minimum absolute atomic E-state index is 0.0880. The van der Waals surface area contributed by atoms with E-state index in [1.165, 1.54) is 18.2 Å². The van der Waals surface area contributed by atoms with Crippen molar-refractivity contribution in [3.63, 3.8) is 0 Å². The molecule has 0 saturated heterocycles. The summed E-state index contributed by atoms with van der Waals surface area (Å²) in [6.45, 7) is 0. The lowest BCUT2D eigenvalue weighted by molar-refractivity contribution is 0.298. The van der Waals surface area contributed by atoms with Crippen molar-refractivity contribution in [3.8, 4) is 28.7 Å². The zero-order valence-electron chi connectivity index (χ0n) is 23.7. The molecule has 0 atom stereocenters. The lowest BCUT2D eigenvalue weighted by Gasteiger charge is -2.19. The first kappa shape index (κ1) is 31.3. The van der Waals surface area contributed by atoms with Crippen LogP contribution in [-0.4, -0.2) is 10.2 Å². The van der Waals surface area contributed by atoms with E-state index in [0.29, 0.717) is 17.2 Å². The second-order valence-corrected chi connectivity index (χ2v) is 10.5. The fourth-order valence-electron chi connectivity index (χ4n) is 3.59. The molecule has 0 unspecified atom stereocenters. The summed E-state index contributed by atoms with van der Waals surface area (Å²) >= 11 is 0. The van der Waals surface area contributed by atoms with E-state index >= 15 is 0 Å². The number of aromatic hydroxyl groups is 2. The third kappa shape index (κ3) is 11.3. The van der Waals surface area contributed by atoms with Crippen molar-refractivity contribution in [1.29, 1.82) is 0 Å². The summed E-state index contributed by atoms with van der Waals surface area (Å²) in [6, 6.07) is 52.5. The van der Waals surface area contributed by atoms with Gasteiger partial charge in [0.05, 0.1) is 0 Å². The molecule has 0 aliphatic rings. The van der Waals surface area contributed by atoms with Crippen LogP contribution in [0.2, 0.25) is 0 Å². The summed E-state index contributed by atoms with van der Waals surface area (Å²) in [6.07, 6.45) is 0. The highest BCUT2D eigenvalue weighted by Crippen LogP contribution is 2.49. The Labute approximate surface area is 257 Å². The Hall–Kier alpha value is -5.65. The van der Waals surface area contributed by atoms with E-state index in [1.54, 1.807) is 78.9 Å². The van der Waals surface area contributed by atoms with Gasteiger partial charge in [0.25, 0.3) is 0 Å². The Bertz CT molecular complexity index is 1530. The lowest BCUT2D eigenvalue weighted by Crippen LogP contribution is -2.07. The molecule has 0 aliphatic carbocycles. The van der Waals surface area contributed by atoms with Crippen LogP contribution >= 0.6 is 7.82 Å². The summed E-state index contributed by atoms with van der Waals surface area (Å²) < 4.78 is 29.6. The van der Waals surface area contributed by atoms with Crippen LogP contribution in [-0.2, 0) is 4.57 Å². The van der Waals surface area contributed by atoms with Crippen molar-refractivity contribution < 1.29 is 28.3 Å². The number of anilines is 2. The van der Waals surface area contributed by atoms with Crippen LogP contribution in [0.15, 0.2) is 176 Å². The highest BCUT2D eigenvalue weighted by Gasteiger charge is 2.33. The lowest BCUT2D eigenvalue weighted by atomic mass is 10.3. The van der Waals surface area contributed by atoms with Crippen molar-refractivity contribution >= 4 is 19.2 Å². The predicted octanol–water partition coefficient (Wildman–Crippen LogP) is 9.86. The number of phosphoric ester groups is 1. The smallest absolute Gasteiger partial charge is 0.508 e. The topological polar surface area (TPSA) is 97.3 Å². The molecule has 0 radical (unpaired) electrons. The Morgan fingerprint density at radius 1 is 0.409 bits per heavy atom. The van der Waals surface area contributed by atoms with Gasteiger partial charge in [-0.1, -0.05) is 97.1 Å². The predicted molar refractivity (Wildman–Crippen MR) is 175 cm³/mol. The van der Waals surface area contributed by atoms with Gasteiger partial charge in [0, 0.05) is 17.4 Å². The van der Waals surface area contributed by atoms with Gasteiger partial charge >= 0.3 is 7.82 Å². The third-order valence-electron chi connectivity index (χ3n) is 5.55. The Kier molecular flexibility index (Phi) is 11.9. The molecular weight excluding hydrogens is 573 g/mol.